The van der Waals surface area contributed by atoms with E-state index in [9.17, 15) is 19.2 Å². The van der Waals surface area contributed by atoms with Crippen molar-refractivity contribution in [2.24, 2.45) is 16.6 Å². The number of aryl methyl sites for hydroxylation is 1. The van der Waals surface area contributed by atoms with Gasteiger partial charge in [-0.1, -0.05) is 27.7 Å². The van der Waals surface area contributed by atoms with E-state index in [2.05, 4.69) is 9.97 Å². The van der Waals surface area contributed by atoms with Crippen LogP contribution in [0.15, 0.2) is 35.0 Å². The van der Waals surface area contributed by atoms with Crippen molar-refractivity contribution in [2.45, 2.75) is 99.8 Å². The van der Waals surface area contributed by atoms with Crippen LogP contribution in [0.4, 0.5) is 5.82 Å². The fourth-order valence-corrected chi connectivity index (χ4v) is 7.22. The number of esters is 3. The molecule has 1 saturated heterocycles. The van der Waals surface area contributed by atoms with Crippen LogP contribution in [0.2, 0.25) is 0 Å². The monoisotopic (exact) mass is 745 g/mol. The SMILES string of the molecule is CC(=C(CCOC(=O)C(N)Cc1ccc(OC(=O)C(C)(C)C)c(OC(=O)C(C)(C)C)c1)SSCC1CCCO1)N(C=O)Cc1cnc(C)nc1N. The summed E-state index contributed by atoms with van der Waals surface area (Å²) in [6.45, 7) is 14.8. The first-order valence-corrected chi connectivity index (χ1v) is 19.1. The van der Waals surface area contributed by atoms with Crippen LogP contribution in [0.5, 0.6) is 11.5 Å². The van der Waals surface area contributed by atoms with Crippen molar-refractivity contribution in [2.75, 3.05) is 24.7 Å². The van der Waals surface area contributed by atoms with Gasteiger partial charge in [0.25, 0.3) is 0 Å². The molecule has 1 amide bonds. The molecule has 2 unspecified atom stereocenters. The van der Waals surface area contributed by atoms with E-state index in [1.807, 2.05) is 6.92 Å². The van der Waals surface area contributed by atoms with Gasteiger partial charge >= 0.3 is 17.9 Å². The predicted molar refractivity (Wildman–Crippen MR) is 198 cm³/mol. The van der Waals surface area contributed by atoms with E-state index in [0.717, 1.165) is 36.5 Å². The summed E-state index contributed by atoms with van der Waals surface area (Å²) in [4.78, 5) is 61.4. The third-order valence-electron chi connectivity index (χ3n) is 7.73. The molecule has 0 aliphatic carbocycles. The minimum Gasteiger partial charge on any atom is -0.464 e. The molecule has 1 aromatic heterocycles. The Labute approximate surface area is 308 Å². The molecule has 280 valence electrons. The molecule has 1 fully saturated rings. The van der Waals surface area contributed by atoms with Crippen LogP contribution in [0, 0.1) is 17.8 Å². The number of nitrogens with two attached hydrogens (primary N) is 2. The van der Waals surface area contributed by atoms with Gasteiger partial charge in [0.1, 0.15) is 17.7 Å². The molecule has 0 saturated carbocycles. The number of carbonyl (C=O) groups excluding carboxylic acids is 4. The first-order valence-electron chi connectivity index (χ1n) is 16.8. The molecule has 15 heteroatoms. The van der Waals surface area contributed by atoms with E-state index in [1.165, 1.54) is 27.8 Å². The third kappa shape index (κ3) is 13.1. The molecule has 51 heavy (non-hydrogen) atoms. The van der Waals surface area contributed by atoms with Crippen LogP contribution < -0.4 is 20.9 Å². The zero-order chi connectivity index (χ0) is 37.9. The Morgan fingerprint density at radius 2 is 1.76 bits per heavy atom. The van der Waals surface area contributed by atoms with E-state index in [1.54, 1.807) is 71.5 Å². The topological polar surface area (TPSA) is 186 Å². The fraction of sp³-hybridized carbons (Fsp3) is 0.556. The summed E-state index contributed by atoms with van der Waals surface area (Å²) < 4.78 is 22.6. The number of allylic oxidation sites excluding steroid dienone is 1. The predicted octanol–water partition coefficient (Wildman–Crippen LogP) is 5.52. The lowest BCUT2D eigenvalue weighted by Gasteiger charge is -2.22. The number of rotatable bonds is 16. The van der Waals surface area contributed by atoms with E-state index in [0.29, 0.717) is 34.9 Å². The molecule has 1 aliphatic rings. The lowest BCUT2D eigenvalue weighted by molar-refractivity contribution is -0.145. The Balaban J connectivity index is 1.71. The second kappa shape index (κ2) is 18.7. The first-order chi connectivity index (χ1) is 23.9. The van der Waals surface area contributed by atoms with Crippen LogP contribution in [0.25, 0.3) is 0 Å². The number of amides is 1. The first kappa shape index (κ1) is 41.8. The average molecular weight is 746 g/mol. The highest BCUT2D eigenvalue weighted by atomic mass is 33.1. The molecular formula is C36H51N5O8S2. The number of nitrogens with zero attached hydrogens (tertiary/aromatic N) is 3. The Morgan fingerprint density at radius 3 is 2.35 bits per heavy atom. The summed E-state index contributed by atoms with van der Waals surface area (Å²) >= 11 is 0. The van der Waals surface area contributed by atoms with Crippen molar-refractivity contribution >= 4 is 51.7 Å². The number of ether oxygens (including phenoxy) is 4. The van der Waals surface area contributed by atoms with Crippen LogP contribution >= 0.6 is 21.6 Å². The molecule has 13 nitrogen and oxygen atoms in total. The molecule has 2 aromatic rings. The van der Waals surface area contributed by atoms with Crippen LogP contribution in [0.1, 0.15) is 84.7 Å². The maximum atomic E-state index is 13.1. The molecule has 2 atom stereocenters. The zero-order valence-electron chi connectivity index (χ0n) is 30.8. The smallest absolute Gasteiger partial charge is 0.323 e. The van der Waals surface area contributed by atoms with Crippen molar-refractivity contribution < 1.29 is 38.1 Å². The number of nitrogen functional groups attached to an aromatic ring is 1. The van der Waals surface area contributed by atoms with Crippen molar-refractivity contribution in [1.29, 1.82) is 0 Å². The normalized spacial score (nSPS) is 15.8. The van der Waals surface area contributed by atoms with Crippen LogP contribution in [-0.2, 0) is 41.6 Å². The highest BCUT2D eigenvalue weighted by Crippen LogP contribution is 2.38. The molecule has 2 heterocycles. The number of benzene rings is 1. The van der Waals surface area contributed by atoms with Crippen molar-refractivity contribution in [1.82, 2.24) is 14.9 Å². The van der Waals surface area contributed by atoms with E-state index in [-0.39, 0.29) is 37.2 Å². The Bertz CT molecular complexity index is 1580. The summed E-state index contributed by atoms with van der Waals surface area (Å²) in [5, 5.41) is 0. The number of anilines is 1. The van der Waals surface area contributed by atoms with E-state index < -0.39 is 34.8 Å². The molecule has 3 rings (SSSR count). The number of hydrogen-bond acceptors (Lipinski definition) is 14. The van der Waals surface area contributed by atoms with Crippen molar-refractivity contribution in [3.05, 3.63) is 51.9 Å². The third-order valence-corrected chi connectivity index (χ3v) is 10.4. The van der Waals surface area contributed by atoms with Gasteiger partial charge < -0.3 is 35.3 Å². The van der Waals surface area contributed by atoms with Gasteiger partial charge in [-0.05, 0) is 92.3 Å². The lowest BCUT2D eigenvalue weighted by Crippen LogP contribution is -2.34. The summed E-state index contributed by atoms with van der Waals surface area (Å²) in [6.07, 6.45) is 4.93. The van der Waals surface area contributed by atoms with Crippen molar-refractivity contribution in [3.8, 4) is 11.5 Å². The highest BCUT2D eigenvalue weighted by molar-refractivity contribution is 8.78. The Hall–Kier alpha value is -3.66. The fourth-order valence-electron chi connectivity index (χ4n) is 4.49. The van der Waals surface area contributed by atoms with Gasteiger partial charge in [-0.2, -0.15) is 0 Å². The molecule has 1 aromatic carbocycles. The second-order valence-electron chi connectivity index (χ2n) is 14.4. The van der Waals surface area contributed by atoms with Gasteiger partial charge in [-0.15, -0.1) is 0 Å². The van der Waals surface area contributed by atoms with E-state index in [4.69, 9.17) is 30.4 Å². The number of carbonyl (C=O) groups is 4. The standard InChI is InChI=1S/C36H51N5O8S2/c1-22(41(21-42)19-25-18-39-23(2)40-31(25)38)30(51-50-20-26-10-9-14-46-26)13-15-47-32(43)27(37)16-24-11-12-28(48-33(44)35(3,4)5)29(17-24)49-34(45)36(6,7)8/h11-12,17-18,21,26-27H,9-10,13-16,19-20,37H2,1-8H3,(H2,38,39,40). The molecule has 4 N–H and O–H groups in total. The second-order valence-corrected chi connectivity index (χ2v) is 16.8. The molecule has 0 bridgehead atoms. The molecule has 1 aliphatic heterocycles. The highest BCUT2D eigenvalue weighted by Gasteiger charge is 2.29. The maximum absolute atomic E-state index is 13.1. The number of aromatic nitrogens is 2. The zero-order valence-corrected chi connectivity index (χ0v) is 32.4. The molecular weight excluding hydrogens is 695 g/mol. The van der Waals surface area contributed by atoms with Gasteiger partial charge in [0, 0.05) is 41.1 Å². The van der Waals surface area contributed by atoms with Gasteiger partial charge in [0.2, 0.25) is 6.41 Å². The molecule has 0 radical (unpaired) electrons. The van der Waals surface area contributed by atoms with Crippen LogP contribution in [0.3, 0.4) is 0 Å². The largest absolute Gasteiger partial charge is 0.464 e. The summed E-state index contributed by atoms with van der Waals surface area (Å²) in [6, 6.07) is 3.67. The lowest BCUT2D eigenvalue weighted by atomic mass is 9.97. The van der Waals surface area contributed by atoms with Gasteiger partial charge in [-0.25, -0.2) is 9.97 Å². The van der Waals surface area contributed by atoms with Crippen LogP contribution in [-0.4, -0.2) is 70.3 Å². The summed E-state index contributed by atoms with van der Waals surface area (Å²) in [7, 11) is 3.12. The Morgan fingerprint density at radius 1 is 1.10 bits per heavy atom. The van der Waals surface area contributed by atoms with Crippen molar-refractivity contribution in [3.63, 3.8) is 0 Å². The Kier molecular flexibility index (Phi) is 15.3. The molecule has 0 spiro atoms. The summed E-state index contributed by atoms with van der Waals surface area (Å²) in [5.74, 6) is 0.0838. The van der Waals surface area contributed by atoms with Gasteiger partial charge in [0.15, 0.2) is 11.5 Å². The van der Waals surface area contributed by atoms with Gasteiger partial charge in [-0.3, -0.25) is 19.2 Å². The maximum Gasteiger partial charge on any atom is 0.323 e. The van der Waals surface area contributed by atoms with Gasteiger partial charge in [0.05, 0.1) is 30.1 Å². The van der Waals surface area contributed by atoms with E-state index >= 15 is 0 Å². The minimum absolute atomic E-state index is 0.0192. The quantitative estimate of drug-likeness (QED) is 0.0946. The average Bonchev–Trinajstić information content (AvgIpc) is 3.57. The minimum atomic E-state index is -1.04. The number of hydrogen-bond donors (Lipinski definition) is 2. The summed E-state index contributed by atoms with van der Waals surface area (Å²) in [5.41, 5.74) is 12.6.